The van der Waals surface area contributed by atoms with E-state index in [1.54, 1.807) is 0 Å². The number of nitrogens with one attached hydrogen (secondary N) is 1. The summed E-state index contributed by atoms with van der Waals surface area (Å²) in [6.45, 7) is 12.0. The Morgan fingerprint density at radius 3 is 2.60 bits per heavy atom. The molecule has 1 aromatic carbocycles. The Hall–Kier alpha value is -0.770. The lowest BCUT2D eigenvalue weighted by atomic mass is 10.2. The minimum Gasteiger partial charge on any atom is -0.490 e. The molecule has 0 aliphatic carbocycles. The first-order valence-electron chi connectivity index (χ1n) is 7.56. The van der Waals surface area contributed by atoms with Gasteiger partial charge in [-0.3, -0.25) is 0 Å². The number of benzene rings is 1. The molecule has 0 atom stereocenters. The Balaban J connectivity index is 2.58. The zero-order chi connectivity index (χ0) is 14.8. The van der Waals surface area contributed by atoms with E-state index in [1.807, 2.05) is 12.1 Å². The zero-order valence-corrected chi connectivity index (χ0v) is 13.7. The monoisotopic (exact) mass is 298 g/mol. The first-order valence-corrected chi connectivity index (χ1v) is 7.93. The molecular weight excluding hydrogens is 272 g/mol. The Kier molecular flexibility index (Phi) is 8.67. The molecule has 0 heterocycles. The van der Waals surface area contributed by atoms with Crippen LogP contribution in [-0.2, 0) is 6.54 Å². The fraction of sp³-hybridized carbons (Fsp3) is 0.625. The van der Waals surface area contributed by atoms with Crippen molar-refractivity contribution in [3.63, 3.8) is 0 Å². The summed E-state index contributed by atoms with van der Waals surface area (Å²) in [4.78, 5) is 2.34. The smallest absolute Gasteiger partial charge is 0.142 e. The van der Waals surface area contributed by atoms with Crippen LogP contribution in [0.2, 0.25) is 5.02 Å². The molecule has 0 aliphatic rings. The van der Waals surface area contributed by atoms with Gasteiger partial charge in [0.05, 0.1) is 5.02 Å². The maximum atomic E-state index is 6.26. The van der Waals surface area contributed by atoms with Gasteiger partial charge in [0.2, 0.25) is 0 Å². The molecule has 1 rings (SSSR count). The summed E-state index contributed by atoms with van der Waals surface area (Å²) in [6.07, 6.45) is 1.12. The van der Waals surface area contributed by atoms with Crippen LogP contribution >= 0.6 is 11.6 Å². The van der Waals surface area contributed by atoms with Crippen LogP contribution in [0.1, 0.15) is 32.8 Å². The van der Waals surface area contributed by atoms with Crippen molar-refractivity contribution in [2.24, 2.45) is 0 Å². The van der Waals surface area contributed by atoms with Crippen LogP contribution in [0, 0.1) is 0 Å². The molecule has 3 nitrogen and oxygen atoms in total. The third kappa shape index (κ3) is 5.70. The van der Waals surface area contributed by atoms with Crippen molar-refractivity contribution < 1.29 is 4.74 Å². The van der Waals surface area contributed by atoms with E-state index in [0.717, 1.165) is 50.5 Å². The molecule has 0 saturated heterocycles. The van der Waals surface area contributed by atoms with Crippen molar-refractivity contribution in [3.05, 3.63) is 28.8 Å². The molecule has 0 unspecified atom stereocenters. The minimum atomic E-state index is 0.673. The van der Waals surface area contributed by atoms with Gasteiger partial charge in [-0.25, -0.2) is 0 Å². The molecule has 20 heavy (non-hydrogen) atoms. The first-order chi connectivity index (χ1) is 9.72. The molecular formula is C16H27ClN2O. The highest BCUT2D eigenvalue weighted by molar-refractivity contribution is 6.32. The van der Waals surface area contributed by atoms with Gasteiger partial charge in [-0.05, 0) is 32.1 Å². The predicted octanol–water partition coefficient (Wildman–Crippen LogP) is 3.56. The number of ether oxygens (including phenoxy) is 1. The van der Waals surface area contributed by atoms with Gasteiger partial charge in [0.15, 0.2) is 0 Å². The highest BCUT2D eigenvalue weighted by Gasteiger charge is 2.09. The molecule has 0 aromatic heterocycles. The van der Waals surface area contributed by atoms with E-state index < -0.39 is 0 Å². The van der Waals surface area contributed by atoms with Crippen LogP contribution in [0.15, 0.2) is 18.2 Å². The molecule has 1 aromatic rings. The molecule has 0 bridgehead atoms. The van der Waals surface area contributed by atoms with Crippen LogP contribution in [0.25, 0.3) is 0 Å². The predicted molar refractivity (Wildman–Crippen MR) is 86.7 cm³/mol. The van der Waals surface area contributed by atoms with Crippen LogP contribution in [0.3, 0.4) is 0 Å². The summed E-state index contributed by atoms with van der Waals surface area (Å²) < 4.78 is 5.92. The fourth-order valence-electron chi connectivity index (χ4n) is 2.07. The van der Waals surface area contributed by atoms with Gasteiger partial charge in [-0.1, -0.05) is 44.5 Å². The first kappa shape index (κ1) is 17.3. The van der Waals surface area contributed by atoms with Gasteiger partial charge in [-0.2, -0.15) is 0 Å². The zero-order valence-electron chi connectivity index (χ0n) is 12.9. The normalized spacial score (nSPS) is 11.1. The highest BCUT2D eigenvalue weighted by Crippen LogP contribution is 2.28. The Bertz CT molecular complexity index is 381. The quantitative estimate of drug-likeness (QED) is 0.669. The standard InChI is InChI=1S/C16H27ClN2O/c1-4-10-18-13-14-8-7-9-15(17)16(14)20-12-11-19(5-2)6-3/h7-9,18H,4-6,10-13H2,1-3H3. The van der Waals surface area contributed by atoms with E-state index in [2.05, 4.69) is 37.1 Å². The van der Waals surface area contributed by atoms with Crippen LogP contribution in [0.4, 0.5) is 0 Å². The number of hydrogen-bond acceptors (Lipinski definition) is 3. The van der Waals surface area contributed by atoms with Crippen molar-refractivity contribution in [1.29, 1.82) is 0 Å². The second-order valence-corrected chi connectivity index (χ2v) is 5.19. The van der Waals surface area contributed by atoms with E-state index in [-0.39, 0.29) is 0 Å². The molecule has 4 heteroatoms. The van der Waals surface area contributed by atoms with E-state index in [0.29, 0.717) is 11.6 Å². The van der Waals surface area contributed by atoms with Gasteiger partial charge < -0.3 is 15.0 Å². The summed E-state index contributed by atoms with van der Waals surface area (Å²) in [5.74, 6) is 0.824. The van der Waals surface area contributed by atoms with Gasteiger partial charge in [-0.15, -0.1) is 0 Å². The highest BCUT2D eigenvalue weighted by atomic mass is 35.5. The molecule has 0 aliphatic heterocycles. The lowest BCUT2D eigenvalue weighted by Crippen LogP contribution is -2.28. The summed E-state index contributed by atoms with van der Waals surface area (Å²) in [5, 5.41) is 4.09. The molecule has 114 valence electrons. The molecule has 1 N–H and O–H groups in total. The summed E-state index contributed by atoms with van der Waals surface area (Å²) >= 11 is 6.26. The Morgan fingerprint density at radius 1 is 1.20 bits per heavy atom. The minimum absolute atomic E-state index is 0.673. The maximum absolute atomic E-state index is 6.26. The van der Waals surface area contributed by atoms with E-state index >= 15 is 0 Å². The third-order valence-corrected chi connectivity index (χ3v) is 3.64. The molecule has 0 amide bonds. The number of halogens is 1. The summed E-state index contributed by atoms with van der Waals surface area (Å²) in [7, 11) is 0. The number of nitrogens with zero attached hydrogens (tertiary/aromatic N) is 1. The topological polar surface area (TPSA) is 24.5 Å². The molecule has 0 saturated carbocycles. The van der Waals surface area contributed by atoms with Gasteiger partial charge in [0.1, 0.15) is 12.4 Å². The number of likely N-dealkylation sites (N-methyl/N-ethyl adjacent to an activating group) is 1. The number of rotatable bonds is 10. The molecule has 0 radical (unpaired) electrons. The van der Waals surface area contributed by atoms with Gasteiger partial charge >= 0.3 is 0 Å². The van der Waals surface area contributed by atoms with Crippen LogP contribution in [-0.4, -0.2) is 37.7 Å². The number of para-hydroxylation sites is 1. The van der Waals surface area contributed by atoms with Crippen LogP contribution in [0.5, 0.6) is 5.75 Å². The SMILES string of the molecule is CCCNCc1cccc(Cl)c1OCCN(CC)CC. The molecule has 0 spiro atoms. The lowest BCUT2D eigenvalue weighted by molar-refractivity contribution is 0.221. The number of hydrogen-bond donors (Lipinski definition) is 1. The summed E-state index contributed by atoms with van der Waals surface area (Å²) in [6, 6.07) is 5.93. The second-order valence-electron chi connectivity index (χ2n) is 4.78. The molecule has 0 fully saturated rings. The van der Waals surface area contributed by atoms with Crippen molar-refractivity contribution in [2.45, 2.75) is 33.7 Å². The van der Waals surface area contributed by atoms with Crippen LogP contribution < -0.4 is 10.1 Å². The largest absolute Gasteiger partial charge is 0.490 e. The lowest BCUT2D eigenvalue weighted by Gasteiger charge is -2.19. The second kappa shape index (κ2) is 10.0. The van der Waals surface area contributed by atoms with Crippen molar-refractivity contribution in [2.75, 3.05) is 32.8 Å². The Labute approximate surface area is 128 Å². The van der Waals surface area contributed by atoms with Crippen molar-refractivity contribution in [3.8, 4) is 5.75 Å². The van der Waals surface area contributed by atoms with E-state index in [1.165, 1.54) is 0 Å². The van der Waals surface area contributed by atoms with E-state index in [9.17, 15) is 0 Å². The average Bonchev–Trinajstić information content (AvgIpc) is 2.46. The summed E-state index contributed by atoms with van der Waals surface area (Å²) in [5.41, 5.74) is 1.13. The maximum Gasteiger partial charge on any atom is 0.142 e. The van der Waals surface area contributed by atoms with Gasteiger partial charge in [0, 0.05) is 18.7 Å². The van der Waals surface area contributed by atoms with Crippen molar-refractivity contribution in [1.82, 2.24) is 10.2 Å². The fourth-order valence-corrected chi connectivity index (χ4v) is 2.32. The van der Waals surface area contributed by atoms with E-state index in [4.69, 9.17) is 16.3 Å². The van der Waals surface area contributed by atoms with Crippen molar-refractivity contribution >= 4 is 11.6 Å². The third-order valence-electron chi connectivity index (χ3n) is 3.34. The Morgan fingerprint density at radius 2 is 1.95 bits per heavy atom. The average molecular weight is 299 g/mol. The van der Waals surface area contributed by atoms with Gasteiger partial charge in [0.25, 0.3) is 0 Å².